The van der Waals surface area contributed by atoms with Crippen molar-refractivity contribution in [3.8, 4) is 5.75 Å². The zero-order chi connectivity index (χ0) is 20.1. The Hall–Kier alpha value is -2.93. The van der Waals surface area contributed by atoms with E-state index >= 15 is 0 Å². The van der Waals surface area contributed by atoms with Gasteiger partial charge in [-0.2, -0.15) is 5.10 Å². The lowest BCUT2D eigenvalue weighted by molar-refractivity contribution is 0.0948. The van der Waals surface area contributed by atoms with E-state index in [1.54, 1.807) is 18.0 Å². The SMILES string of the molecule is COc1c(C(=O)NCCCN(C)Cc2ccccc2)cnc2c1c(C)nn2C. The van der Waals surface area contributed by atoms with Crippen LogP contribution >= 0.6 is 0 Å². The normalized spacial score (nSPS) is 11.2. The number of fused-ring (bicyclic) bond motifs is 1. The van der Waals surface area contributed by atoms with Crippen LogP contribution in [-0.2, 0) is 13.6 Å². The summed E-state index contributed by atoms with van der Waals surface area (Å²) in [5.74, 6) is 0.342. The van der Waals surface area contributed by atoms with Crippen molar-refractivity contribution in [2.75, 3.05) is 27.2 Å². The second-order valence-electron chi connectivity index (χ2n) is 6.95. The molecule has 0 atom stereocenters. The summed E-state index contributed by atoms with van der Waals surface area (Å²) in [6.07, 6.45) is 2.41. The summed E-state index contributed by atoms with van der Waals surface area (Å²) in [6.45, 7) is 4.26. The molecule has 0 aliphatic rings. The molecule has 3 rings (SSSR count). The molecule has 3 aromatic rings. The van der Waals surface area contributed by atoms with E-state index in [1.165, 1.54) is 5.56 Å². The number of hydrogen-bond acceptors (Lipinski definition) is 5. The summed E-state index contributed by atoms with van der Waals surface area (Å²) in [6, 6.07) is 10.4. The Morgan fingerprint density at radius 3 is 2.75 bits per heavy atom. The van der Waals surface area contributed by atoms with E-state index in [2.05, 4.69) is 39.5 Å². The standard InChI is InChI=1S/C21H27N5O2/c1-15-18-19(28-4)17(13-23-20(18)26(3)24-15)21(27)22-11-8-12-25(2)14-16-9-6-5-7-10-16/h5-7,9-10,13H,8,11-12,14H2,1-4H3,(H,22,27). The Morgan fingerprint density at radius 1 is 1.29 bits per heavy atom. The summed E-state index contributed by atoms with van der Waals surface area (Å²) in [5.41, 5.74) is 3.21. The third-order valence-corrected chi connectivity index (χ3v) is 4.73. The van der Waals surface area contributed by atoms with Crippen LogP contribution in [0.25, 0.3) is 11.0 Å². The number of carbonyl (C=O) groups excluding carboxylic acids is 1. The first-order valence-electron chi connectivity index (χ1n) is 9.38. The molecular weight excluding hydrogens is 354 g/mol. The van der Waals surface area contributed by atoms with Gasteiger partial charge in [0.15, 0.2) is 5.65 Å². The van der Waals surface area contributed by atoms with Crippen LogP contribution in [0.5, 0.6) is 5.75 Å². The van der Waals surface area contributed by atoms with Gasteiger partial charge in [-0.05, 0) is 32.5 Å². The maximum absolute atomic E-state index is 12.6. The van der Waals surface area contributed by atoms with Crippen molar-refractivity contribution in [3.63, 3.8) is 0 Å². The van der Waals surface area contributed by atoms with Gasteiger partial charge in [0.1, 0.15) is 11.3 Å². The number of nitrogens with one attached hydrogen (secondary N) is 1. The highest BCUT2D eigenvalue weighted by Gasteiger charge is 2.20. The van der Waals surface area contributed by atoms with Gasteiger partial charge in [0.05, 0.1) is 18.2 Å². The first kappa shape index (κ1) is 19.8. The Bertz CT molecular complexity index is 952. The Kier molecular flexibility index (Phi) is 6.26. The first-order valence-corrected chi connectivity index (χ1v) is 9.38. The molecule has 28 heavy (non-hydrogen) atoms. The van der Waals surface area contributed by atoms with E-state index < -0.39 is 0 Å². The number of hydrogen-bond donors (Lipinski definition) is 1. The van der Waals surface area contributed by atoms with E-state index in [1.807, 2.05) is 32.2 Å². The van der Waals surface area contributed by atoms with Gasteiger partial charge in [-0.1, -0.05) is 30.3 Å². The third-order valence-electron chi connectivity index (χ3n) is 4.73. The number of nitrogens with zero attached hydrogens (tertiary/aromatic N) is 4. The average molecular weight is 381 g/mol. The predicted octanol–water partition coefficient (Wildman–Crippen LogP) is 2.54. The van der Waals surface area contributed by atoms with Crippen molar-refractivity contribution in [2.24, 2.45) is 7.05 Å². The molecule has 0 radical (unpaired) electrons. The van der Waals surface area contributed by atoms with E-state index in [4.69, 9.17) is 4.74 Å². The predicted molar refractivity (Wildman–Crippen MR) is 110 cm³/mol. The second kappa shape index (κ2) is 8.84. The van der Waals surface area contributed by atoms with Gasteiger partial charge in [-0.25, -0.2) is 4.98 Å². The van der Waals surface area contributed by atoms with Crippen molar-refractivity contribution >= 4 is 16.9 Å². The molecule has 2 heterocycles. The summed E-state index contributed by atoms with van der Waals surface area (Å²) in [5, 5.41) is 8.11. The zero-order valence-electron chi connectivity index (χ0n) is 16.9. The molecule has 7 heteroatoms. The number of pyridine rings is 1. The Balaban J connectivity index is 1.57. The fraction of sp³-hybridized carbons (Fsp3) is 0.381. The number of aromatic nitrogens is 3. The van der Waals surface area contributed by atoms with E-state index in [0.717, 1.165) is 30.6 Å². The number of carbonyl (C=O) groups is 1. The minimum atomic E-state index is -0.180. The van der Waals surface area contributed by atoms with Crippen molar-refractivity contribution in [2.45, 2.75) is 19.9 Å². The van der Waals surface area contributed by atoms with Crippen LogP contribution in [0.2, 0.25) is 0 Å². The van der Waals surface area contributed by atoms with Gasteiger partial charge in [0.25, 0.3) is 5.91 Å². The summed E-state index contributed by atoms with van der Waals surface area (Å²) in [4.78, 5) is 19.3. The largest absolute Gasteiger partial charge is 0.495 e. The molecule has 0 spiro atoms. The fourth-order valence-electron chi connectivity index (χ4n) is 3.37. The molecule has 0 saturated heterocycles. The van der Waals surface area contributed by atoms with Crippen molar-refractivity contribution < 1.29 is 9.53 Å². The smallest absolute Gasteiger partial charge is 0.256 e. The molecule has 0 fully saturated rings. The fourth-order valence-corrected chi connectivity index (χ4v) is 3.37. The molecule has 1 aromatic carbocycles. The molecule has 1 N–H and O–H groups in total. The Morgan fingerprint density at radius 2 is 2.04 bits per heavy atom. The average Bonchev–Trinajstić information content (AvgIpc) is 2.99. The van der Waals surface area contributed by atoms with Gasteiger partial charge < -0.3 is 15.0 Å². The highest BCUT2D eigenvalue weighted by Crippen LogP contribution is 2.30. The first-order chi connectivity index (χ1) is 13.5. The van der Waals surface area contributed by atoms with Gasteiger partial charge in [0, 0.05) is 26.3 Å². The minimum Gasteiger partial charge on any atom is -0.495 e. The molecule has 1 amide bonds. The van der Waals surface area contributed by atoms with Crippen LogP contribution in [-0.4, -0.2) is 52.8 Å². The number of amides is 1. The minimum absolute atomic E-state index is 0.180. The maximum atomic E-state index is 12.6. The maximum Gasteiger partial charge on any atom is 0.256 e. The highest BCUT2D eigenvalue weighted by atomic mass is 16.5. The quantitative estimate of drug-likeness (QED) is 0.607. The van der Waals surface area contributed by atoms with E-state index in [9.17, 15) is 4.79 Å². The lowest BCUT2D eigenvalue weighted by atomic mass is 10.1. The van der Waals surface area contributed by atoms with Crippen molar-refractivity contribution in [1.29, 1.82) is 0 Å². The molecule has 0 aliphatic heterocycles. The molecule has 148 valence electrons. The lowest BCUT2D eigenvalue weighted by Crippen LogP contribution is -2.28. The molecule has 7 nitrogen and oxygen atoms in total. The number of rotatable bonds is 8. The van der Waals surface area contributed by atoms with Crippen molar-refractivity contribution in [3.05, 3.63) is 53.3 Å². The second-order valence-corrected chi connectivity index (χ2v) is 6.95. The van der Waals surface area contributed by atoms with Crippen LogP contribution in [0.15, 0.2) is 36.5 Å². The number of benzene rings is 1. The van der Waals surface area contributed by atoms with Crippen LogP contribution in [0.3, 0.4) is 0 Å². The van der Waals surface area contributed by atoms with E-state index in [0.29, 0.717) is 23.5 Å². The molecule has 0 unspecified atom stereocenters. The van der Waals surface area contributed by atoms with Gasteiger partial charge in [-0.15, -0.1) is 0 Å². The lowest BCUT2D eigenvalue weighted by Gasteiger charge is -2.17. The van der Waals surface area contributed by atoms with Crippen molar-refractivity contribution in [1.82, 2.24) is 25.0 Å². The molecule has 0 aliphatic carbocycles. The molecular formula is C21H27N5O2. The van der Waals surface area contributed by atoms with Gasteiger partial charge in [0.2, 0.25) is 0 Å². The number of methoxy groups -OCH3 is 1. The molecule has 0 bridgehead atoms. The summed E-state index contributed by atoms with van der Waals surface area (Å²) in [7, 11) is 5.48. The van der Waals surface area contributed by atoms with Crippen LogP contribution < -0.4 is 10.1 Å². The Labute approximate surface area is 165 Å². The van der Waals surface area contributed by atoms with Crippen LogP contribution in [0.1, 0.15) is 28.0 Å². The monoisotopic (exact) mass is 381 g/mol. The van der Waals surface area contributed by atoms with E-state index in [-0.39, 0.29) is 5.91 Å². The van der Waals surface area contributed by atoms with Crippen LogP contribution in [0.4, 0.5) is 0 Å². The number of ether oxygens (including phenoxy) is 1. The summed E-state index contributed by atoms with van der Waals surface area (Å²) >= 11 is 0. The third kappa shape index (κ3) is 4.31. The van der Waals surface area contributed by atoms with Gasteiger partial charge >= 0.3 is 0 Å². The highest BCUT2D eigenvalue weighted by molar-refractivity contribution is 6.02. The molecule has 2 aromatic heterocycles. The van der Waals surface area contributed by atoms with Gasteiger partial charge in [-0.3, -0.25) is 9.48 Å². The zero-order valence-corrected chi connectivity index (χ0v) is 16.9. The topological polar surface area (TPSA) is 72.3 Å². The summed E-state index contributed by atoms with van der Waals surface area (Å²) < 4.78 is 7.21. The van der Waals surface area contributed by atoms with Crippen LogP contribution in [0, 0.1) is 6.92 Å². The number of aryl methyl sites for hydroxylation is 2. The molecule has 0 saturated carbocycles.